The quantitative estimate of drug-likeness (QED) is 0.500. The molecule has 0 unspecified atom stereocenters. The van der Waals surface area contributed by atoms with Gasteiger partial charge in [-0.05, 0) is 43.7 Å². The minimum atomic E-state index is -0.502. The molecule has 2 aromatic heterocycles. The highest BCUT2D eigenvalue weighted by atomic mass is 19.1. The summed E-state index contributed by atoms with van der Waals surface area (Å²) in [4.78, 5) is 29.6. The summed E-state index contributed by atoms with van der Waals surface area (Å²) in [6, 6.07) is 15.2. The van der Waals surface area contributed by atoms with Crippen LogP contribution in [0.1, 0.15) is 16.8 Å². The molecule has 0 radical (unpaired) electrons. The molecular formula is C22H21FN6O2. The fourth-order valence-corrected chi connectivity index (χ4v) is 3.10. The maximum Gasteiger partial charge on any atom is 0.353 e. The second-order valence-corrected chi connectivity index (χ2v) is 7.25. The van der Waals surface area contributed by atoms with Gasteiger partial charge in [-0.15, -0.1) is 5.10 Å². The van der Waals surface area contributed by atoms with Crippen molar-refractivity contribution < 1.29 is 9.18 Å². The number of carbonyl (C=O) groups is 1. The van der Waals surface area contributed by atoms with Crippen molar-refractivity contribution >= 4 is 23.2 Å². The second-order valence-electron chi connectivity index (χ2n) is 7.25. The van der Waals surface area contributed by atoms with Crippen LogP contribution in [0.25, 0.3) is 5.65 Å². The molecule has 2 aromatic carbocycles. The number of hydrogen-bond donors (Lipinski definition) is 2. The van der Waals surface area contributed by atoms with Gasteiger partial charge in [0.15, 0.2) is 5.65 Å². The lowest BCUT2D eigenvalue weighted by molar-refractivity contribution is -0.122. The zero-order valence-electron chi connectivity index (χ0n) is 17.1. The van der Waals surface area contributed by atoms with Crippen LogP contribution in [0.2, 0.25) is 0 Å². The number of hydrogen-bond acceptors (Lipinski definition) is 5. The Balaban J connectivity index is 1.55. The third-order valence-electron chi connectivity index (χ3n) is 4.70. The minimum absolute atomic E-state index is 0.221. The van der Waals surface area contributed by atoms with Crippen LogP contribution in [0.5, 0.6) is 0 Å². The van der Waals surface area contributed by atoms with E-state index in [1.807, 2.05) is 31.2 Å². The van der Waals surface area contributed by atoms with E-state index in [0.29, 0.717) is 23.6 Å². The summed E-state index contributed by atoms with van der Waals surface area (Å²) in [5, 5.41) is 10.1. The van der Waals surface area contributed by atoms with Gasteiger partial charge < -0.3 is 10.6 Å². The van der Waals surface area contributed by atoms with Crippen molar-refractivity contribution in [3.63, 3.8) is 0 Å². The number of carbonyl (C=O) groups excluding carboxylic acids is 1. The Morgan fingerprint density at radius 1 is 1.06 bits per heavy atom. The molecule has 0 aliphatic carbocycles. The van der Waals surface area contributed by atoms with Gasteiger partial charge in [0, 0.05) is 24.0 Å². The third-order valence-corrected chi connectivity index (χ3v) is 4.70. The Morgan fingerprint density at radius 3 is 2.48 bits per heavy atom. The summed E-state index contributed by atoms with van der Waals surface area (Å²) in [5.41, 5.74) is 3.16. The van der Waals surface area contributed by atoms with Crippen LogP contribution in [0, 0.1) is 19.7 Å². The molecule has 0 fully saturated rings. The lowest BCUT2D eigenvalue weighted by Crippen LogP contribution is -2.32. The average Bonchev–Trinajstić information content (AvgIpc) is 3.04. The molecule has 2 N–H and O–H groups in total. The van der Waals surface area contributed by atoms with E-state index in [4.69, 9.17) is 0 Å². The van der Waals surface area contributed by atoms with E-state index in [2.05, 4.69) is 20.7 Å². The van der Waals surface area contributed by atoms with Crippen LogP contribution >= 0.6 is 0 Å². The number of nitrogens with one attached hydrogen (secondary N) is 2. The summed E-state index contributed by atoms with van der Waals surface area (Å²) in [6.45, 7) is 3.91. The molecule has 0 aliphatic heterocycles. The fourth-order valence-electron chi connectivity index (χ4n) is 3.10. The number of aromatic nitrogens is 4. The largest absolute Gasteiger partial charge is 0.353 e. The summed E-state index contributed by atoms with van der Waals surface area (Å²) < 4.78 is 15.5. The highest BCUT2D eigenvalue weighted by Crippen LogP contribution is 2.16. The number of halogens is 1. The molecule has 0 aliphatic rings. The van der Waals surface area contributed by atoms with Gasteiger partial charge in [0.05, 0.1) is 0 Å². The zero-order chi connectivity index (χ0) is 22.0. The first-order valence-corrected chi connectivity index (χ1v) is 9.71. The number of fused-ring (bicyclic) bond motifs is 1. The van der Waals surface area contributed by atoms with Gasteiger partial charge in [-0.2, -0.15) is 0 Å². The number of aryl methyl sites for hydroxylation is 2. The Hall–Kier alpha value is -4.01. The van der Waals surface area contributed by atoms with Gasteiger partial charge in [0.1, 0.15) is 12.4 Å². The molecule has 0 atom stereocenters. The van der Waals surface area contributed by atoms with Crippen LogP contribution in [0.4, 0.5) is 16.0 Å². The van der Waals surface area contributed by atoms with Gasteiger partial charge in [0.2, 0.25) is 11.9 Å². The van der Waals surface area contributed by atoms with E-state index in [0.717, 1.165) is 15.8 Å². The molecule has 9 heteroatoms. The molecule has 1 amide bonds. The molecule has 158 valence electrons. The van der Waals surface area contributed by atoms with Crippen molar-refractivity contribution in [2.75, 3.05) is 5.32 Å². The standard InChI is InChI=1S/C22H21FN6O2/c1-14-3-5-16(6-4-14)12-24-20(30)13-28-22(31)29-19(27-28)11-15(2)25-21(29)26-18-9-7-17(23)8-10-18/h3-11H,12-13H2,1-2H3,(H,24,30)(H,25,26). The predicted octanol–water partition coefficient (Wildman–Crippen LogP) is 2.71. The van der Waals surface area contributed by atoms with Crippen LogP contribution in [-0.2, 0) is 17.9 Å². The monoisotopic (exact) mass is 420 g/mol. The first kappa shape index (κ1) is 20.3. The first-order chi connectivity index (χ1) is 14.9. The Kier molecular flexibility index (Phi) is 5.48. The topological polar surface area (TPSA) is 93.3 Å². The van der Waals surface area contributed by atoms with Gasteiger partial charge >= 0.3 is 5.69 Å². The molecule has 0 bridgehead atoms. The normalized spacial score (nSPS) is 10.9. The summed E-state index contributed by atoms with van der Waals surface area (Å²) in [7, 11) is 0. The van der Waals surface area contributed by atoms with Crippen molar-refractivity contribution in [2.45, 2.75) is 26.9 Å². The van der Waals surface area contributed by atoms with Crippen molar-refractivity contribution in [3.05, 3.63) is 87.7 Å². The van der Waals surface area contributed by atoms with E-state index < -0.39 is 5.69 Å². The smallest absolute Gasteiger partial charge is 0.350 e. The van der Waals surface area contributed by atoms with E-state index in [9.17, 15) is 14.0 Å². The number of benzene rings is 2. The molecule has 2 heterocycles. The molecule has 8 nitrogen and oxygen atoms in total. The van der Waals surface area contributed by atoms with Gasteiger partial charge in [-0.25, -0.2) is 23.3 Å². The summed E-state index contributed by atoms with van der Waals surface area (Å²) in [6.07, 6.45) is 0. The van der Waals surface area contributed by atoms with Crippen molar-refractivity contribution in [1.29, 1.82) is 0 Å². The molecule has 0 saturated carbocycles. The molecule has 4 rings (SSSR count). The first-order valence-electron chi connectivity index (χ1n) is 9.71. The maximum atomic E-state index is 13.2. The van der Waals surface area contributed by atoms with Crippen LogP contribution in [0.3, 0.4) is 0 Å². The van der Waals surface area contributed by atoms with E-state index in [-0.39, 0.29) is 24.2 Å². The maximum absolute atomic E-state index is 13.2. The molecule has 0 spiro atoms. The van der Waals surface area contributed by atoms with Crippen molar-refractivity contribution in [1.82, 2.24) is 24.5 Å². The number of rotatable bonds is 6. The molecular weight excluding hydrogens is 399 g/mol. The number of nitrogens with zero attached hydrogens (tertiary/aromatic N) is 4. The van der Waals surface area contributed by atoms with E-state index in [1.165, 1.54) is 16.5 Å². The Morgan fingerprint density at radius 2 is 1.77 bits per heavy atom. The van der Waals surface area contributed by atoms with Gasteiger partial charge in [0.25, 0.3) is 0 Å². The minimum Gasteiger partial charge on any atom is -0.350 e. The predicted molar refractivity (Wildman–Crippen MR) is 115 cm³/mol. The van der Waals surface area contributed by atoms with Crippen molar-refractivity contribution in [3.8, 4) is 0 Å². The molecule has 31 heavy (non-hydrogen) atoms. The number of anilines is 2. The Labute approximate surface area is 177 Å². The zero-order valence-corrected chi connectivity index (χ0v) is 17.1. The average molecular weight is 420 g/mol. The lowest BCUT2D eigenvalue weighted by Gasteiger charge is -2.07. The molecule has 4 aromatic rings. The molecule has 0 saturated heterocycles. The highest BCUT2D eigenvalue weighted by molar-refractivity contribution is 5.75. The second kappa shape index (κ2) is 8.39. The van der Waals surface area contributed by atoms with E-state index >= 15 is 0 Å². The van der Waals surface area contributed by atoms with Gasteiger partial charge in [-0.1, -0.05) is 29.8 Å². The van der Waals surface area contributed by atoms with Crippen molar-refractivity contribution in [2.24, 2.45) is 0 Å². The highest BCUT2D eigenvalue weighted by Gasteiger charge is 2.15. The fraction of sp³-hybridized carbons (Fsp3) is 0.182. The summed E-state index contributed by atoms with van der Waals surface area (Å²) in [5.74, 6) is -0.462. The third kappa shape index (κ3) is 4.61. The summed E-state index contributed by atoms with van der Waals surface area (Å²) >= 11 is 0. The Bertz CT molecular complexity index is 1290. The van der Waals surface area contributed by atoms with E-state index in [1.54, 1.807) is 25.1 Å². The van der Waals surface area contributed by atoms with Crippen LogP contribution in [0.15, 0.2) is 59.4 Å². The number of amides is 1. The van der Waals surface area contributed by atoms with Crippen LogP contribution in [-0.4, -0.2) is 25.1 Å². The van der Waals surface area contributed by atoms with Gasteiger partial charge in [-0.3, -0.25) is 4.79 Å². The van der Waals surface area contributed by atoms with Crippen LogP contribution < -0.4 is 16.3 Å². The lowest BCUT2D eigenvalue weighted by atomic mass is 10.1. The SMILES string of the molecule is Cc1ccc(CNC(=O)Cn2nc3cc(C)nc(Nc4ccc(F)cc4)n3c2=O)cc1.